The van der Waals surface area contributed by atoms with E-state index in [1.807, 2.05) is 12.1 Å². The van der Waals surface area contributed by atoms with Crippen LogP contribution in [0.2, 0.25) is 0 Å². The lowest BCUT2D eigenvalue weighted by molar-refractivity contribution is -0.169. The SMILES string of the molecule is O=c1oc2cc(O)ccc2cc1-n1nncc1COCc1cc(OCCOCCOCCOCCOC23CC4CC(CC(C4)C2)C3)c(OCCOCCOCCOCCOC23CC4CC(CC(C4)C2)C3)c(OCCOCCOCCOCCOC23CC4CC(CC(C4)C2)C3)c1. The number of ether oxygens (including phenoxy) is 16. The van der Waals surface area contributed by atoms with E-state index in [1.54, 1.807) is 12.1 Å². The van der Waals surface area contributed by atoms with Gasteiger partial charge in [-0.25, -0.2) is 9.48 Å². The minimum Gasteiger partial charge on any atom is -0.508 e. The zero-order valence-electron chi connectivity index (χ0n) is 56.0. The first-order valence-electron chi connectivity index (χ1n) is 36.1. The Morgan fingerprint density at radius 2 is 0.758 bits per heavy atom. The van der Waals surface area contributed by atoms with Gasteiger partial charge in [0, 0.05) is 11.5 Å². The Morgan fingerprint density at radius 3 is 1.14 bits per heavy atom. The molecule has 4 aromatic rings. The summed E-state index contributed by atoms with van der Waals surface area (Å²) in [6.45, 7) is 10.4. The summed E-state index contributed by atoms with van der Waals surface area (Å²) in [6.07, 6.45) is 25.2. The minimum atomic E-state index is -0.648. The molecule has 2 aromatic carbocycles. The summed E-state index contributed by atoms with van der Waals surface area (Å²) in [7, 11) is 0. The average molecular weight is 1330 g/mol. The molecule has 0 atom stereocenters. The van der Waals surface area contributed by atoms with Crippen LogP contribution in [0, 0.1) is 53.3 Å². The van der Waals surface area contributed by atoms with E-state index in [4.69, 9.17) is 80.2 Å². The van der Waals surface area contributed by atoms with Gasteiger partial charge in [-0.3, -0.25) is 0 Å². The van der Waals surface area contributed by atoms with Gasteiger partial charge in [-0.15, -0.1) is 5.10 Å². The van der Waals surface area contributed by atoms with Crippen molar-refractivity contribution in [2.24, 2.45) is 53.3 Å². The lowest BCUT2D eigenvalue weighted by Gasteiger charge is -2.56. The van der Waals surface area contributed by atoms with Gasteiger partial charge in [0.15, 0.2) is 17.2 Å². The zero-order chi connectivity index (χ0) is 64.5. The predicted molar refractivity (Wildman–Crippen MR) is 348 cm³/mol. The molecule has 12 aliphatic rings. The predicted octanol–water partition coefficient (Wildman–Crippen LogP) is 10.0. The average Bonchev–Trinajstić information content (AvgIpc) is 1.11. The second-order valence-electron chi connectivity index (χ2n) is 29.1. The fraction of sp³-hybridized carbons (Fsp3) is 0.767. The molecule has 0 amide bonds. The van der Waals surface area contributed by atoms with E-state index in [1.165, 1.54) is 139 Å². The molecule has 0 radical (unpaired) electrons. The highest BCUT2D eigenvalue weighted by Gasteiger charge is 2.54. The Hall–Kier alpha value is -4.53. The minimum absolute atomic E-state index is 0.0145. The molecule has 0 aliphatic heterocycles. The third kappa shape index (κ3) is 19.3. The quantitative estimate of drug-likeness (QED) is 0.0320. The van der Waals surface area contributed by atoms with Gasteiger partial charge in [0.1, 0.15) is 31.2 Å². The van der Waals surface area contributed by atoms with Crippen LogP contribution in [0.5, 0.6) is 23.0 Å². The van der Waals surface area contributed by atoms with E-state index in [0.717, 1.165) is 53.3 Å². The van der Waals surface area contributed by atoms with Crippen LogP contribution in [0.3, 0.4) is 0 Å². The molecule has 1 N–H and O–H groups in total. The first kappa shape index (κ1) is 69.0. The van der Waals surface area contributed by atoms with Crippen molar-refractivity contribution in [3.63, 3.8) is 0 Å². The van der Waals surface area contributed by atoms with Crippen molar-refractivity contribution >= 4 is 11.0 Å². The maximum Gasteiger partial charge on any atom is 0.362 e. The van der Waals surface area contributed by atoms with Crippen molar-refractivity contribution < 1.29 is 85.3 Å². The summed E-state index contributed by atoms with van der Waals surface area (Å²) in [5.74, 6) is 8.93. The van der Waals surface area contributed by atoms with Gasteiger partial charge in [0.05, 0.1) is 181 Å². The molecular formula is C73H105N3O19. The van der Waals surface area contributed by atoms with E-state index < -0.39 is 5.63 Å². The topological polar surface area (TPSA) is 229 Å². The van der Waals surface area contributed by atoms with Gasteiger partial charge >= 0.3 is 5.63 Å². The number of nitrogens with zero attached hydrogens (tertiary/aromatic N) is 3. The van der Waals surface area contributed by atoms with Crippen LogP contribution in [0.25, 0.3) is 16.7 Å². The summed E-state index contributed by atoms with van der Waals surface area (Å²) in [5.41, 5.74) is 1.25. The lowest BCUT2D eigenvalue weighted by Crippen LogP contribution is -2.52. The molecule has 12 fully saturated rings. The molecule has 2 heterocycles. The Labute approximate surface area is 559 Å². The fourth-order valence-electron chi connectivity index (χ4n) is 19.0. The van der Waals surface area contributed by atoms with Gasteiger partial charge in [0.25, 0.3) is 0 Å². The summed E-state index contributed by atoms with van der Waals surface area (Å²) in [6, 6.07) is 9.91. The smallest absolute Gasteiger partial charge is 0.362 e. The van der Waals surface area contributed by atoms with E-state index in [2.05, 4.69) is 10.3 Å². The second kappa shape index (κ2) is 34.0. The number of phenolic OH excluding ortho intramolecular Hbond substituents is 1. The Morgan fingerprint density at radius 1 is 0.411 bits per heavy atom. The molecule has 0 spiro atoms. The van der Waals surface area contributed by atoms with Crippen LogP contribution in [-0.4, -0.2) is 195 Å². The summed E-state index contributed by atoms with van der Waals surface area (Å²) >= 11 is 0. The van der Waals surface area contributed by atoms with Gasteiger partial charge in [-0.2, -0.15) is 0 Å². The van der Waals surface area contributed by atoms with Crippen LogP contribution in [0.15, 0.2) is 51.8 Å². The molecular weight excluding hydrogens is 1220 g/mol. The van der Waals surface area contributed by atoms with Crippen LogP contribution >= 0.6 is 0 Å². The molecule has 22 heteroatoms. The van der Waals surface area contributed by atoms with E-state index in [9.17, 15) is 9.90 Å². The maximum atomic E-state index is 13.2. The Balaban J connectivity index is 0.567. The van der Waals surface area contributed by atoms with Crippen molar-refractivity contribution in [1.82, 2.24) is 15.0 Å². The number of benzene rings is 2. The highest BCUT2D eigenvalue weighted by Crippen LogP contribution is 2.59. The molecule has 12 aliphatic carbocycles. The Bertz CT molecular complexity index is 2870. The zero-order valence-corrected chi connectivity index (χ0v) is 56.0. The highest BCUT2D eigenvalue weighted by atomic mass is 16.6. The monoisotopic (exact) mass is 1330 g/mol. The number of hydrogen-bond acceptors (Lipinski definition) is 21. The number of aromatic hydroxyl groups is 1. The standard InChI is InChI=1S/C73H105N3O19/c77-64-2-1-62-38-65(70(78)95-66(62)39-64)76-63(49-74-75-76)51-88-50-61-36-67(89-21-15-82-9-3-79-6-12-85-18-24-92-71-40-52-27-53(41-71)29-54(28-52)42-71)69(91-23-17-84-11-5-81-8-14-87-20-26-94-73-46-58-33-59(47-73)35-60(34-58)48-73)68(37-61)90-22-16-83-10-4-80-7-13-86-19-25-93-72-43-55-30-56(44-72)32-57(31-55)45-72/h1-2,36-39,49,52-60,77H,3-35,40-48,50-51H2. The third-order valence-electron chi connectivity index (χ3n) is 21.7. The molecule has 0 unspecified atom stereocenters. The molecule has 2 aromatic heterocycles. The van der Waals surface area contributed by atoms with Gasteiger partial charge in [-0.05, 0) is 205 Å². The molecule has 12 saturated carbocycles. The summed E-state index contributed by atoms with van der Waals surface area (Å²) in [4.78, 5) is 13.2. The summed E-state index contributed by atoms with van der Waals surface area (Å²) < 4.78 is 105. The van der Waals surface area contributed by atoms with Crippen molar-refractivity contribution in [2.45, 2.75) is 146 Å². The van der Waals surface area contributed by atoms with Gasteiger partial charge in [0.2, 0.25) is 5.75 Å². The first-order valence-corrected chi connectivity index (χ1v) is 36.1. The van der Waals surface area contributed by atoms with Crippen molar-refractivity contribution in [3.05, 3.63) is 64.3 Å². The van der Waals surface area contributed by atoms with E-state index in [-0.39, 0.29) is 86.7 Å². The summed E-state index contributed by atoms with van der Waals surface area (Å²) in [5, 5.41) is 18.8. The maximum absolute atomic E-state index is 13.2. The van der Waals surface area contributed by atoms with Crippen molar-refractivity contribution in [1.29, 1.82) is 0 Å². The third-order valence-corrected chi connectivity index (χ3v) is 21.7. The van der Waals surface area contributed by atoms with Crippen LogP contribution in [0.4, 0.5) is 0 Å². The van der Waals surface area contributed by atoms with Crippen molar-refractivity contribution in [2.75, 3.05) is 159 Å². The number of fused-ring (bicyclic) bond motifs is 1. The molecule has 95 heavy (non-hydrogen) atoms. The number of phenols is 1. The fourth-order valence-corrected chi connectivity index (χ4v) is 19.0. The number of aromatic nitrogens is 3. The molecule has 16 rings (SSSR count). The van der Waals surface area contributed by atoms with E-state index >= 15 is 0 Å². The van der Waals surface area contributed by atoms with Crippen LogP contribution in [0.1, 0.15) is 127 Å². The molecule has 22 nitrogen and oxygen atoms in total. The second-order valence-corrected chi connectivity index (χ2v) is 29.1. The largest absolute Gasteiger partial charge is 0.508 e. The van der Waals surface area contributed by atoms with Gasteiger partial charge < -0.3 is 85.3 Å². The van der Waals surface area contributed by atoms with Crippen molar-refractivity contribution in [3.8, 4) is 28.7 Å². The van der Waals surface area contributed by atoms with Crippen LogP contribution in [-0.2, 0) is 74.8 Å². The van der Waals surface area contributed by atoms with E-state index in [0.29, 0.717) is 153 Å². The molecule has 0 saturated heterocycles. The highest BCUT2D eigenvalue weighted by molar-refractivity contribution is 5.79. The first-order chi connectivity index (χ1) is 46.7. The van der Waals surface area contributed by atoms with Gasteiger partial charge in [-0.1, -0.05) is 5.21 Å². The molecule has 12 bridgehead atoms. The lowest BCUT2D eigenvalue weighted by atomic mass is 9.54. The normalized spacial score (nSPS) is 29.0. The number of hydrogen-bond donors (Lipinski definition) is 1. The van der Waals surface area contributed by atoms with Crippen LogP contribution < -0.4 is 19.8 Å². The number of rotatable bonds is 47. The Kier molecular flexibility index (Phi) is 24.7. The molecule has 526 valence electrons.